The molecule has 3 aromatic carbocycles. The predicted octanol–water partition coefficient (Wildman–Crippen LogP) is 8.50. The van der Waals surface area contributed by atoms with Gasteiger partial charge in [0.25, 0.3) is 0 Å². The minimum absolute atomic E-state index is 0.0118. The quantitative estimate of drug-likeness (QED) is 0.278. The van der Waals surface area contributed by atoms with E-state index in [0.29, 0.717) is 29.6 Å². The molecule has 0 unspecified atom stereocenters. The van der Waals surface area contributed by atoms with Gasteiger partial charge in [0.2, 0.25) is 0 Å². The van der Waals surface area contributed by atoms with Gasteiger partial charge in [-0.15, -0.1) is 0 Å². The van der Waals surface area contributed by atoms with Crippen LogP contribution < -0.4 is 9.47 Å². The lowest BCUT2D eigenvalue weighted by Crippen LogP contribution is -2.09. The van der Waals surface area contributed by atoms with Gasteiger partial charge < -0.3 is 14.6 Å². The van der Waals surface area contributed by atoms with Gasteiger partial charge in [0, 0.05) is 5.56 Å². The normalized spacial score (nSPS) is 14.1. The van der Waals surface area contributed by atoms with E-state index in [-0.39, 0.29) is 23.6 Å². The Kier molecular flexibility index (Phi) is 8.25. The second-order valence-electron chi connectivity index (χ2n) is 11.3. The summed E-state index contributed by atoms with van der Waals surface area (Å²) in [5.74, 6) is 0.808. The summed E-state index contributed by atoms with van der Waals surface area (Å²) >= 11 is 0. The highest BCUT2D eigenvalue weighted by molar-refractivity contribution is 5.83. The molecule has 1 saturated carbocycles. The molecule has 0 radical (unpaired) electrons. The second kappa shape index (κ2) is 11.4. The van der Waals surface area contributed by atoms with Gasteiger partial charge in [0.05, 0.1) is 13.5 Å². The lowest BCUT2D eigenvalue weighted by atomic mass is 9.80. The third kappa shape index (κ3) is 6.83. The number of carboxylic acid groups (broad SMARTS) is 1. The van der Waals surface area contributed by atoms with E-state index in [1.54, 1.807) is 19.2 Å². The van der Waals surface area contributed by atoms with Crippen LogP contribution in [0, 0.1) is 17.2 Å². The molecule has 200 valence electrons. The highest BCUT2D eigenvalue weighted by Crippen LogP contribution is 2.41. The topological polar surface area (TPSA) is 55.8 Å². The van der Waals surface area contributed by atoms with Crippen LogP contribution in [0.2, 0.25) is 0 Å². The van der Waals surface area contributed by atoms with E-state index < -0.39 is 5.97 Å². The third-order valence-electron chi connectivity index (χ3n) is 7.25. The molecule has 1 atom stereocenters. The number of halogens is 1. The summed E-state index contributed by atoms with van der Waals surface area (Å²) in [6.45, 7) is 10.9. The first kappa shape index (κ1) is 27.4. The standard InChI is InChI=1S/C33H37FO4/c1-21(33(2,3)4)29-16-23(11-13-28(29)30-19-26(37-5)12-14-31(30)34)20-38-27-8-6-7-24(17-27)25(18-32(35)36)15-22-9-10-22/h6-8,11-14,16-17,19,22,25H,1,9-10,15,18,20H2,2-5H3,(H,35,36)/t25-/m0/s1. The number of hydrogen-bond donors (Lipinski definition) is 1. The molecule has 3 aromatic rings. The van der Waals surface area contributed by atoms with Crippen molar-refractivity contribution in [3.05, 3.63) is 89.8 Å². The SMILES string of the molecule is C=C(c1cc(COc2cccc([C@H](CC(=O)O)CC3CC3)c2)ccc1-c1cc(OC)ccc1F)C(C)(C)C. The average molecular weight is 517 g/mol. The molecule has 0 spiro atoms. The van der Waals surface area contributed by atoms with Crippen molar-refractivity contribution in [3.8, 4) is 22.6 Å². The molecule has 0 heterocycles. The number of hydrogen-bond acceptors (Lipinski definition) is 3. The highest BCUT2D eigenvalue weighted by Gasteiger charge is 2.28. The summed E-state index contributed by atoms with van der Waals surface area (Å²) < 4.78 is 26.4. The molecular formula is C33H37FO4. The summed E-state index contributed by atoms with van der Waals surface area (Å²) in [4.78, 5) is 11.5. The van der Waals surface area contributed by atoms with Gasteiger partial charge in [-0.05, 0) is 87.9 Å². The molecule has 0 aliphatic heterocycles. The highest BCUT2D eigenvalue weighted by atomic mass is 19.1. The number of aliphatic carboxylic acids is 1. The molecule has 38 heavy (non-hydrogen) atoms. The molecule has 1 aliphatic carbocycles. The number of ether oxygens (including phenoxy) is 2. The molecule has 1 N–H and O–H groups in total. The molecule has 0 bridgehead atoms. The first-order chi connectivity index (χ1) is 18.0. The van der Waals surface area contributed by atoms with Crippen molar-refractivity contribution in [1.82, 2.24) is 0 Å². The molecule has 0 aromatic heterocycles. The van der Waals surface area contributed by atoms with Crippen LogP contribution in [-0.2, 0) is 11.4 Å². The van der Waals surface area contributed by atoms with E-state index in [9.17, 15) is 14.3 Å². The summed E-state index contributed by atoms with van der Waals surface area (Å²) in [6.07, 6.45) is 3.39. The maximum Gasteiger partial charge on any atom is 0.303 e. The molecule has 0 amide bonds. The Hall–Kier alpha value is -3.60. The minimum Gasteiger partial charge on any atom is -0.497 e. The Bertz CT molecular complexity index is 1320. The van der Waals surface area contributed by atoms with Crippen LogP contribution in [0.4, 0.5) is 4.39 Å². The predicted molar refractivity (Wildman–Crippen MR) is 150 cm³/mol. The summed E-state index contributed by atoms with van der Waals surface area (Å²) in [7, 11) is 1.57. The van der Waals surface area contributed by atoms with Crippen molar-refractivity contribution in [2.75, 3.05) is 7.11 Å². The van der Waals surface area contributed by atoms with Crippen molar-refractivity contribution in [2.45, 2.75) is 59.0 Å². The Morgan fingerprint density at radius 3 is 2.47 bits per heavy atom. The van der Waals surface area contributed by atoms with Crippen molar-refractivity contribution >= 4 is 11.5 Å². The molecule has 5 heteroatoms. The van der Waals surface area contributed by atoms with Crippen LogP contribution in [0.25, 0.3) is 16.7 Å². The number of methoxy groups -OCH3 is 1. The molecule has 1 fully saturated rings. The van der Waals surface area contributed by atoms with Crippen molar-refractivity contribution in [2.24, 2.45) is 11.3 Å². The van der Waals surface area contributed by atoms with Gasteiger partial charge in [-0.3, -0.25) is 4.79 Å². The fourth-order valence-electron chi connectivity index (χ4n) is 4.74. The molecular weight excluding hydrogens is 479 g/mol. The maximum absolute atomic E-state index is 14.9. The first-order valence-electron chi connectivity index (χ1n) is 13.2. The van der Waals surface area contributed by atoms with Crippen LogP contribution in [0.1, 0.15) is 69.1 Å². The van der Waals surface area contributed by atoms with Gasteiger partial charge in [-0.2, -0.15) is 0 Å². The zero-order valence-electron chi connectivity index (χ0n) is 22.7. The van der Waals surface area contributed by atoms with E-state index in [2.05, 4.69) is 27.4 Å². The Balaban J connectivity index is 1.60. The number of carboxylic acids is 1. The number of rotatable bonds is 11. The fraction of sp³-hybridized carbons (Fsp3) is 0.364. The summed E-state index contributed by atoms with van der Waals surface area (Å²) in [5, 5.41) is 9.41. The van der Waals surface area contributed by atoms with E-state index in [1.807, 2.05) is 42.5 Å². The van der Waals surface area contributed by atoms with Crippen LogP contribution in [0.5, 0.6) is 11.5 Å². The Morgan fingerprint density at radius 1 is 1.05 bits per heavy atom. The summed E-state index contributed by atoms with van der Waals surface area (Å²) in [5.41, 5.74) is 4.69. The van der Waals surface area contributed by atoms with E-state index in [1.165, 1.54) is 18.9 Å². The van der Waals surface area contributed by atoms with E-state index in [4.69, 9.17) is 9.47 Å². The smallest absolute Gasteiger partial charge is 0.303 e. The minimum atomic E-state index is -0.777. The fourth-order valence-corrected chi connectivity index (χ4v) is 4.74. The average Bonchev–Trinajstić information content (AvgIpc) is 3.70. The van der Waals surface area contributed by atoms with Crippen molar-refractivity contribution < 1.29 is 23.8 Å². The lowest BCUT2D eigenvalue weighted by Gasteiger charge is -2.25. The Labute approximate surface area is 225 Å². The van der Waals surface area contributed by atoms with Gasteiger partial charge in [0.1, 0.15) is 23.9 Å². The number of carbonyl (C=O) groups is 1. The molecule has 4 rings (SSSR count). The molecule has 0 saturated heterocycles. The van der Waals surface area contributed by atoms with Crippen LogP contribution >= 0.6 is 0 Å². The van der Waals surface area contributed by atoms with Gasteiger partial charge >= 0.3 is 5.97 Å². The van der Waals surface area contributed by atoms with Gasteiger partial charge in [-0.1, -0.05) is 64.5 Å². The zero-order chi connectivity index (χ0) is 27.4. The third-order valence-corrected chi connectivity index (χ3v) is 7.25. The van der Waals surface area contributed by atoms with Gasteiger partial charge in [0.15, 0.2) is 0 Å². The van der Waals surface area contributed by atoms with Crippen LogP contribution in [0.3, 0.4) is 0 Å². The largest absolute Gasteiger partial charge is 0.497 e. The second-order valence-corrected chi connectivity index (χ2v) is 11.3. The monoisotopic (exact) mass is 516 g/mol. The maximum atomic E-state index is 14.9. The van der Waals surface area contributed by atoms with Crippen molar-refractivity contribution in [1.29, 1.82) is 0 Å². The summed E-state index contributed by atoms with van der Waals surface area (Å²) in [6, 6.07) is 18.4. The van der Waals surface area contributed by atoms with E-state index in [0.717, 1.165) is 34.2 Å². The van der Waals surface area contributed by atoms with Crippen molar-refractivity contribution in [3.63, 3.8) is 0 Å². The van der Waals surface area contributed by atoms with Gasteiger partial charge in [-0.25, -0.2) is 4.39 Å². The lowest BCUT2D eigenvalue weighted by molar-refractivity contribution is -0.137. The molecule has 4 nitrogen and oxygen atoms in total. The van der Waals surface area contributed by atoms with E-state index >= 15 is 0 Å². The first-order valence-corrected chi connectivity index (χ1v) is 13.2. The molecule has 1 aliphatic rings. The van der Waals surface area contributed by atoms with Crippen LogP contribution in [-0.4, -0.2) is 18.2 Å². The van der Waals surface area contributed by atoms with Crippen LogP contribution in [0.15, 0.2) is 67.2 Å². The zero-order valence-corrected chi connectivity index (χ0v) is 22.7. The number of allylic oxidation sites excluding steroid dienone is 1. The number of benzene rings is 3. The Morgan fingerprint density at radius 2 is 1.82 bits per heavy atom.